The number of benzene rings is 2. The summed E-state index contributed by atoms with van der Waals surface area (Å²) in [6.45, 7) is 7.91. The third kappa shape index (κ3) is 9.10. The summed E-state index contributed by atoms with van der Waals surface area (Å²) in [7, 11) is 0. The number of hydrogen-bond donors (Lipinski definition) is 4. The molecule has 1 heterocycles. The first-order valence-electron chi connectivity index (χ1n) is 12.9. The number of hydrazone groups is 1. The molecule has 2 atom stereocenters. The Labute approximate surface area is 250 Å². The highest BCUT2D eigenvalue weighted by Gasteiger charge is 2.33. The molecule has 2 unspecified atom stereocenters. The van der Waals surface area contributed by atoms with Gasteiger partial charge >= 0.3 is 6.18 Å². The molecule has 0 spiro atoms. The molecule has 226 valence electrons. The van der Waals surface area contributed by atoms with E-state index in [9.17, 15) is 33.0 Å². The van der Waals surface area contributed by atoms with Crippen LogP contribution in [0.3, 0.4) is 0 Å². The van der Waals surface area contributed by atoms with E-state index < -0.39 is 40.8 Å². The van der Waals surface area contributed by atoms with E-state index in [0.29, 0.717) is 35.8 Å². The van der Waals surface area contributed by atoms with E-state index in [1.54, 1.807) is 45.9 Å². The third-order valence-electron chi connectivity index (χ3n) is 6.16. The summed E-state index contributed by atoms with van der Waals surface area (Å²) < 4.78 is 39.4. The molecule has 0 aliphatic rings. The van der Waals surface area contributed by atoms with Crippen LogP contribution in [0.4, 0.5) is 18.2 Å². The highest BCUT2D eigenvalue weighted by Crippen LogP contribution is 2.35. The van der Waals surface area contributed by atoms with E-state index in [1.807, 2.05) is 11.0 Å². The molecule has 3 aromatic rings. The summed E-state index contributed by atoms with van der Waals surface area (Å²) in [5.74, 6) is -1.09. The maximum absolute atomic E-state index is 13.2. The van der Waals surface area contributed by atoms with Crippen molar-refractivity contribution in [2.45, 2.75) is 52.6 Å². The molecule has 0 fully saturated rings. The molecule has 8 nitrogen and oxygen atoms in total. The number of anilines is 1. The second kappa shape index (κ2) is 14.3. The van der Waals surface area contributed by atoms with Crippen molar-refractivity contribution < 1.29 is 33.0 Å². The first-order chi connectivity index (χ1) is 19.6. The fourth-order valence-electron chi connectivity index (χ4n) is 4.25. The third-order valence-corrected chi connectivity index (χ3v) is 7.61. The monoisotopic (exact) mass is 624 g/mol. The molecule has 0 saturated heterocycles. The maximum Gasteiger partial charge on any atom is 0.417 e. The number of amides is 2. The van der Waals surface area contributed by atoms with Crippen molar-refractivity contribution in [1.82, 2.24) is 10.3 Å². The Hall–Kier alpha value is -3.29. The van der Waals surface area contributed by atoms with Gasteiger partial charge in [-0.15, -0.1) is 11.3 Å². The van der Waals surface area contributed by atoms with Gasteiger partial charge in [-0.1, -0.05) is 29.8 Å². The molecule has 0 aliphatic heterocycles. The Balaban J connectivity index is 1.75. The lowest BCUT2D eigenvalue weighted by atomic mass is 10.1. The van der Waals surface area contributed by atoms with Crippen LogP contribution < -0.4 is 10.7 Å². The minimum Gasteiger partial charge on any atom is -0.392 e. The Morgan fingerprint density at radius 1 is 1.07 bits per heavy atom. The molecule has 0 radical (unpaired) electrons. The van der Waals surface area contributed by atoms with Gasteiger partial charge in [-0.05, 0) is 68.7 Å². The average Bonchev–Trinajstić information content (AvgIpc) is 3.16. The highest BCUT2D eigenvalue weighted by atomic mass is 35.5. The number of aliphatic hydroxyl groups is 2. The molecule has 0 bridgehead atoms. The van der Waals surface area contributed by atoms with Gasteiger partial charge in [0, 0.05) is 30.1 Å². The molecule has 0 aliphatic carbocycles. The van der Waals surface area contributed by atoms with Gasteiger partial charge in [0.15, 0.2) is 0 Å². The average molecular weight is 625 g/mol. The number of halogens is 4. The summed E-state index contributed by atoms with van der Waals surface area (Å²) in [6.07, 6.45) is -4.77. The first kappa shape index (κ1) is 33.2. The summed E-state index contributed by atoms with van der Waals surface area (Å²) in [5.41, 5.74) is 3.33. The summed E-state index contributed by atoms with van der Waals surface area (Å²) in [5, 5.41) is 26.0. The second-order valence-electron chi connectivity index (χ2n) is 9.97. The van der Waals surface area contributed by atoms with Crippen LogP contribution in [0.1, 0.15) is 61.7 Å². The van der Waals surface area contributed by atoms with Crippen LogP contribution in [-0.2, 0) is 12.7 Å². The lowest BCUT2D eigenvalue weighted by molar-refractivity contribution is -0.137. The van der Waals surface area contributed by atoms with Gasteiger partial charge in [-0.2, -0.15) is 18.3 Å². The fourth-order valence-corrected chi connectivity index (χ4v) is 5.52. The van der Waals surface area contributed by atoms with Gasteiger partial charge in [-0.3, -0.25) is 14.5 Å². The quantitative estimate of drug-likeness (QED) is 0.163. The molecule has 2 amide bonds. The summed E-state index contributed by atoms with van der Waals surface area (Å²) in [6, 6.07) is 10.1. The number of carbonyl (C=O) groups is 2. The zero-order valence-electron chi connectivity index (χ0n) is 23.4. The number of hydrogen-bond acceptors (Lipinski definition) is 7. The van der Waals surface area contributed by atoms with E-state index in [4.69, 9.17) is 11.6 Å². The van der Waals surface area contributed by atoms with Crippen LogP contribution >= 0.6 is 22.9 Å². The van der Waals surface area contributed by atoms with Gasteiger partial charge in [0.1, 0.15) is 5.00 Å². The SMILES string of the molecule is Cc1sc(NC(=O)c2cccc(CN(CC(C)O)CC(C)O)c2)c(C(=O)N/N=C\c2ccc(Cl)c(C(F)(F)F)c2)c1C. The van der Waals surface area contributed by atoms with E-state index in [1.165, 1.54) is 17.4 Å². The Bertz CT molecular complexity index is 1450. The standard InChI is InChI=1S/C29H32ClF3N4O4S/c1-16(38)13-37(14-17(2)39)15-21-6-5-7-22(10-21)26(40)35-28-25(18(3)19(4)42-28)27(41)36-34-12-20-8-9-24(30)23(11-20)29(31,32)33/h5-12,16-17,38-39H,13-15H2,1-4H3,(H,35,40)(H,36,41)/b34-12-. The summed E-state index contributed by atoms with van der Waals surface area (Å²) >= 11 is 6.86. The molecule has 2 aromatic carbocycles. The molecule has 1 aromatic heterocycles. The lowest BCUT2D eigenvalue weighted by Gasteiger charge is -2.25. The van der Waals surface area contributed by atoms with Crippen LogP contribution in [0, 0.1) is 13.8 Å². The van der Waals surface area contributed by atoms with Crippen molar-refractivity contribution in [2.75, 3.05) is 18.4 Å². The van der Waals surface area contributed by atoms with Crippen LogP contribution in [0.15, 0.2) is 47.6 Å². The predicted molar refractivity (Wildman–Crippen MR) is 158 cm³/mol. The normalized spacial score (nSPS) is 13.4. The summed E-state index contributed by atoms with van der Waals surface area (Å²) in [4.78, 5) is 28.9. The lowest BCUT2D eigenvalue weighted by Crippen LogP contribution is -2.35. The molecule has 13 heteroatoms. The number of rotatable bonds is 11. The number of aryl methyl sites for hydroxylation is 1. The minimum absolute atomic E-state index is 0.0825. The van der Waals surface area contributed by atoms with Gasteiger partial charge in [0.25, 0.3) is 11.8 Å². The smallest absolute Gasteiger partial charge is 0.392 e. The van der Waals surface area contributed by atoms with Crippen LogP contribution in [0.5, 0.6) is 0 Å². The fraction of sp³-hybridized carbons (Fsp3) is 0.345. The molecule has 4 N–H and O–H groups in total. The van der Waals surface area contributed by atoms with Crippen molar-refractivity contribution >= 4 is 46.0 Å². The van der Waals surface area contributed by atoms with Gasteiger partial charge in [0.2, 0.25) is 0 Å². The zero-order chi connectivity index (χ0) is 31.2. The van der Waals surface area contributed by atoms with Crippen molar-refractivity contribution in [3.05, 3.63) is 85.7 Å². The number of nitrogens with zero attached hydrogens (tertiary/aromatic N) is 2. The number of nitrogens with one attached hydrogen (secondary N) is 2. The molecular weight excluding hydrogens is 593 g/mol. The largest absolute Gasteiger partial charge is 0.417 e. The van der Waals surface area contributed by atoms with Gasteiger partial charge in [0.05, 0.1) is 34.6 Å². The van der Waals surface area contributed by atoms with E-state index >= 15 is 0 Å². The van der Waals surface area contributed by atoms with Crippen LogP contribution in [-0.4, -0.2) is 58.4 Å². The van der Waals surface area contributed by atoms with E-state index in [0.717, 1.165) is 28.8 Å². The van der Waals surface area contributed by atoms with Crippen molar-refractivity contribution in [1.29, 1.82) is 0 Å². The number of alkyl halides is 3. The molecule has 42 heavy (non-hydrogen) atoms. The van der Waals surface area contributed by atoms with Gasteiger partial charge < -0.3 is 15.5 Å². The van der Waals surface area contributed by atoms with E-state index in [-0.39, 0.29) is 11.1 Å². The van der Waals surface area contributed by atoms with Crippen molar-refractivity contribution in [3.8, 4) is 0 Å². The molecular formula is C29H32ClF3N4O4S. The maximum atomic E-state index is 13.2. The number of carbonyl (C=O) groups excluding carboxylic acids is 2. The molecule has 3 rings (SSSR count). The Morgan fingerprint density at radius 2 is 1.74 bits per heavy atom. The van der Waals surface area contributed by atoms with Crippen LogP contribution in [0.25, 0.3) is 0 Å². The van der Waals surface area contributed by atoms with Crippen molar-refractivity contribution in [2.24, 2.45) is 5.10 Å². The second-order valence-corrected chi connectivity index (χ2v) is 11.6. The molecule has 0 saturated carbocycles. The predicted octanol–water partition coefficient (Wildman–Crippen LogP) is 5.62. The topological polar surface area (TPSA) is 114 Å². The van der Waals surface area contributed by atoms with Crippen LogP contribution in [0.2, 0.25) is 5.02 Å². The Morgan fingerprint density at radius 3 is 2.36 bits per heavy atom. The number of aliphatic hydroxyl groups excluding tert-OH is 2. The zero-order valence-corrected chi connectivity index (χ0v) is 25.0. The van der Waals surface area contributed by atoms with Crippen molar-refractivity contribution in [3.63, 3.8) is 0 Å². The minimum atomic E-state index is -4.64. The number of thiophene rings is 1. The highest BCUT2D eigenvalue weighted by molar-refractivity contribution is 7.16. The van der Waals surface area contributed by atoms with E-state index in [2.05, 4.69) is 15.8 Å². The first-order valence-corrected chi connectivity index (χ1v) is 14.1. The van der Waals surface area contributed by atoms with Gasteiger partial charge in [-0.25, -0.2) is 5.43 Å². The Kier molecular flexibility index (Phi) is 11.3.